The number of aryl methyl sites for hydroxylation is 1. The highest BCUT2D eigenvalue weighted by Crippen LogP contribution is 2.39. The molecular formula is C13H17ClN6. The molecule has 2 aromatic heterocycles. The summed E-state index contributed by atoms with van der Waals surface area (Å²) in [6, 6.07) is 0. The highest BCUT2D eigenvalue weighted by molar-refractivity contribution is 6.30. The molecule has 2 heterocycles. The molecule has 0 aliphatic heterocycles. The molecule has 0 spiro atoms. The van der Waals surface area contributed by atoms with Crippen molar-refractivity contribution in [1.82, 2.24) is 24.7 Å². The van der Waals surface area contributed by atoms with E-state index in [9.17, 15) is 0 Å². The molecule has 2 aromatic rings. The number of nitrogens with one attached hydrogen (secondary N) is 1. The molecule has 0 unspecified atom stereocenters. The summed E-state index contributed by atoms with van der Waals surface area (Å²) in [5, 5.41) is 8.10. The van der Waals surface area contributed by atoms with E-state index in [1.54, 1.807) is 11.0 Å². The third-order valence-electron chi connectivity index (χ3n) is 3.33. The molecule has 7 heteroatoms. The fourth-order valence-electron chi connectivity index (χ4n) is 1.99. The molecule has 1 aliphatic carbocycles. The van der Waals surface area contributed by atoms with Gasteiger partial charge in [0.1, 0.15) is 23.1 Å². The van der Waals surface area contributed by atoms with Gasteiger partial charge in [-0.05, 0) is 19.8 Å². The molecule has 1 fully saturated rings. The fourth-order valence-corrected chi connectivity index (χ4v) is 2.17. The fraction of sp³-hybridized carbons (Fsp3) is 0.538. The lowest BCUT2D eigenvalue weighted by molar-refractivity contribution is 0.741. The lowest BCUT2D eigenvalue weighted by atomic mass is 10.3. The standard InChI is InChI=1S/C13H17ClN6/c1-8-11(14)17-13(9-3-4-9)18-12(8)15-6-5-10-16-7-20(2)19-10/h7,9H,3-6H2,1-2H3,(H,15,17,18). The van der Waals surface area contributed by atoms with Crippen LogP contribution in [0.3, 0.4) is 0 Å². The SMILES string of the molecule is Cc1c(Cl)nc(C2CC2)nc1NCCc1ncn(C)n1. The monoisotopic (exact) mass is 292 g/mol. The van der Waals surface area contributed by atoms with Gasteiger partial charge in [-0.15, -0.1) is 0 Å². The van der Waals surface area contributed by atoms with Crippen molar-refractivity contribution in [2.75, 3.05) is 11.9 Å². The van der Waals surface area contributed by atoms with Gasteiger partial charge in [-0.3, -0.25) is 4.68 Å². The van der Waals surface area contributed by atoms with Gasteiger partial charge in [0.05, 0.1) is 0 Å². The molecule has 1 N–H and O–H groups in total. The zero-order valence-electron chi connectivity index (χ0n) is 11.6. The maximum Gasteiger partial charge on any atom is 0.152 e. The molecule has 6 nitrogen and oxygen atoms in total. The Balaban J connectivity index is 1.67. The third-order valence-corrected chi connectivity index (χ3v) is 3.70. The minimum absolute atomic E-state index is 0.492. The van der Waals surface area contributed by atoms with E-state index in [1.165, 1.54) is 0 Å². The van der Waals surface area contributed by atoms with Crippen molar-refractivity contribution in [3.8, 4) is 0 Å². The Hall–Kier alpha value is -1.69. The number of hydrogen-bond donors (Lipinski definition) is 1. The molecule has 0 radical (unpaired) electrons. The van der Waals surface area contributed by atoms with Crippen molar-refractivity contribution in [3.63, 3.8) is 0 Å². The summed E-state index contributed by atoms with van der Waals surface area (Å²) in [5.41, 5.74) is 0.894. The van der Waals surface area contributed by atoms with Crippen molar-refractivity contribution < 1.29 is 0 Å². The van der Waals surface area contributed by atoms with E-state index in [1.807, 2.05) is 14.0 Å². The summed E-state index contributed by atoms with van der Waals surface area (Å²) in [6.45, 7) is 2.66. The van der Waals surface area contributed by atoms with E-state index in [0.29, 0.717) is 11.1 Å². The first-order chi connectivity index (χ1) is 9.63. The van der Waals surface area contributed by atoms with Crippen molar-refractivity contribution in [3.05, 3.63) is 28.7 Å². The van der Waals surface area contributed by atoms with Gasteiger partial charge >= 0.3 is 0 Å². The first-order valence-corrected chi connectivity index (χ1v) is 7.13. The molecule has 3 rings (SSSR count). The van der Waals surface area contributed by atoms with Crippen LogP contribution in [0, 0.1) is 6.92 Å². The second-order valence-electron chi connectivity index (χ2n) is 5.13. The number of nitrogens with zero attached hydrogens (tertiary/aromatic N) is 5. The zero-order valence-corrected chi connectivity index (χ0v) is 12.4. The van der Waals surface area contributed by atoms with Crippen molar-refractivity contribution in [2.45, 2.75) is 32.1 Å². The molecule has 20 heavy (non-hydrogen) atoms. The van der Waals surface area contributed by atoms with Gasteiger partial charge in [0.2, 0.25) is 0 Å². The van der Waals surface area contributed by atoms with E-state index in [-0.39, 0.29) is 0 Å². The maximum absolute atomic E-state index is 6.17. The Labute approximate surface area is 122 Å². The highest BCUT2D eigenvalue weighted by Gasteiger charge is 2.27. The first-order valence-electron chi connectivity index (χ1n) is 6.76. The predicted octanol–water partition coefficient (Wildman–Crippen LogP) is 2.10. The number of aromatic nitrogens is 5. The van der Waals surface area contributed by atoms with Crippen LogP contribution in [0.25, 0.3) is 0 Å². The number of halogens is 1. The molecule has 0 atom stereocenters. The van der Waals surface area contributed by atoms with Crippen LogP contribution in [0.5, 0.6) is 0 Å². The lowest BCUT2D eigenvalue weighted by Crippen LogP contribution is -2.11. The van der Waals surface area contributed by atoms with Crippen molar-refractivity contribution in [2.24, 2.45) is 7.05 Å². The van der Waals surface area contributed by atoms with E-state index in [4.69, 9.17) is 11.6 Å². The Bertz CT molecular complexity index is 619. The average Bonchev–Trinajstić information content (AvgIpc) is 3.18. The Morgan fingerprint density at radius 1 is 1.40 bits per heavy atom. The molecular weight excluding hydrogens is 276 g/mol. The molecule has 1 saturated carbocycles. The van der Waals surface area contributed by atoms with Gasteiger partial charge in [0.15, 0.2) is 5.82 Å². The number of rotatable bonds is 5. The van der Waals surface area contributed by atoms with Crippen LogP contribution < -0.4 is 5.32 Å². The summed E-state index contributed by atoms with van der Waals surface area (Å²) in [6.07, 6.45) is 4.78. The van der Waals surface area contributed by atoms with Crippen LogP contribution in [0.2, 0.25) is 5.15 Å². The predicted molar refractivity (Wildman–Crippen MR) is 77.0 cm³/mol. The minimum Gasteiger partial charge on any atom is -0.369 e. The normalized spacial score (nSPS) is 14.6. The van der Waals surface area contributed by atoms with Crippen molar-refractivity contribution >= 4 is 17.4 Å². The second kappa shape index (κ2) is 5.36. The maximum atomic E-state index is 6.17. The molecule has 1 aliphatic rings. The van der Waals surface area contributed by atoms with Crippen LogP contribution in [-0.4, -0.2) is 31.3 Å². The number of hydrogen-bond acceptors (Lipinski definition) is 5. The zero-order chi connectivity index (χ0) is 14.1. The summed E-state index contributed by atoms with van der Waals surface area (Å²) < 4.78 is 1.70. The minimum atomic E-state index is 0.492. The molecule has 0 saturated heterocycles. The van der Waals surface area contributed by atoms with Gasteiger partial charge < -0.3 is 5.32 Å². The summed E-state index contributed by atoms with van der Waals surface area (Å²) in [4.78, 5) is 13.1. The summed E-state index contributed by atoms with van der Waals surface area (Å²) in [5.74, 6) is 2.99. The summed E-state index contributed by atoms with van der Waals surface area (Å²) >= 11 is 6.17. The molecule has 0 amide bonds. The van der Waals surface area contributed by atoms with Gasteiger partial charge in [0, 0.05) is 31.5 Å². The molecule has 106 valence electrons. The van der Waals surface area contributed by atoms with Crippen LogP contribution in [0.1, 0.15) is 36.0 Å². The van der Waals surface area contributed by atoms with Gasteiger partial charge in [-0.25, -0.2) is 15.0 Å². The van der Waals surface area contributed by atoms with Gasteiger partial charge in [-0.2, -0.15) is 5.10 Å². The molecule has 0 aromatic carbocycles. The van der Waals surface area contributed by atoms with Crippen molar-refractivity contribution in [1.29, 1.82) is 0 Å². The summed E-state index contributed by atoms with van der Waals surface area (Å²) in [7, 11) is 1.86. The molecule has 0 bridgehead atoms. The number of anilines is 1. The second-order valence-corrected chi connectivity index (χ2v) is 5.49. The Kier molecular flexibility index (Phi) is 3.56. The third kappa shape index (κ3) is 2.90. The van der Waals surface area contributed by atoms with E-state index < -0.39 is 0 Å². The highest BCUT2D eigenvalue weighted by atomic mass is 35.5. The van der Waals surface area contributed by atoms with Crippen LogP contribution >= 0.6 is 11.6 Å². The largest absolute Gasteiger partial charge is 0.369 e. The smallest absolute Gasteiger partial charge is 0.152 e. The van der Waals surface area contributed by atoms with Crippen LogP contribution in [-0.2, 0) is 13.5 Å². The Morgan fingerprint density at radius 2 is 2.20 bits per heavy atom. The lowest BCUT2D eigenvalue weighted by Gasteiger charge is -2.10. The van der Waals surface area contributed by atoms with E-state index in [2.05, 4.69) is 25.4 Å². The van der Waals surface area contributed by atoms with E-state index in [0.717, 1.165) is 48.8 Å². The quantitative estimate of drug-likeness (QED) is 0.855. The topological polar surface area (TPSA) is 68.5 Å². The average molecular weight is 293 g/mol. The van der Waals surface area contributed by atoms with E-state index >= 15 is 0 Å². The first kappa shape index (κ1) is 13.3. The van der Waals surface area contributed by atoms with Gasteiger partial charge in [0.25, 0.3) is 0 Å². The Morgan fingerprint density at radius 3 is 2.85 bits per heavy atom. The van der Waals surface area contributed by atoms with Crippen LogP contribution in [0.4, 0.5) is 5.82 Å². The van der Waals surface area contributed by atoms with Gasteiger partial charge in [-0.1, -0.05) is 11.6 Å². The van der Waals surface area contributed by atoms with Crippen LogP contribution in [0.15, 0.2) is 6.33 Å².